The van der Waals surface area contributed by atoms with Gasteiger partial charge in [-0.1, -0.05) is 39.7 Å². The van der Waals surface area contributed by atoms with Crippen molar-refractivity contribution in [2.45, 2.75) is 6.92 Å². The molecule has 8 heteroatoms. The average Bonchev–Trinajstić information content (AvgIpc) is 2.81. The molecule has 0 spiro atoms. The number of aromatic hydroxyl groups is 1. The zero-order chi connectivity index (χ0) is 23.5. The molecule has 0 atom stereocenters. The highest BCUT2D eigenvalue weighted by molar-refractivity contribution is 9.10. The normalized spacial score (nSPS) is 11.2. The van der Waals surface area contributed by atoms with Crippen molar-refractivity contribution in [1.29, 1.82) is 0 Å². The van der Waals surface area contributed by atoms with Crippen LogP contribution in [0.5, 0.6) is 11.5 Å². The monoisotopic (exact) mass is 567 g/mol. The topological polar surface area (TPSA) is 83.8 Å². The fourth-order valence-electron chi connectivity index (χ4n) is 3.35. The van der Waals surface area contributed by atoms with Crippen molar-refractivity contribution in [3.8, 4) is 22.8 Å². The van der Waals surface area contributed by atoms with E-state index in [0.717, 1.165) is 26.5 Å². The molecule has 4 rings (SSSR count). The Balaban J connectivity index is 1.68. The number of nitrogens with one attached hydrogen (secondary N) is 1. The second kappa shape index (κ2) is 9.72. The summed E-state index contributed by atoms with van der Waals surface area (Å²) in [6.45, 7) is 1.97. The van der Waals surface area contributed by atoms with E-state index in [9.17, 15) is 9.90 Å². The number of pyridine rings is 1. The van der Waals surface area contributed by atoms with E-state index in [0.29, 0.717) is 27.0 Å². The number of hydrogen-bond acceptors (Lipinski definition) is 5. The van der Waals surface area contributed by atoms with Crippen molar-refractivity contribution < 1.29 is 14.6 Å². The molecule has 0 aliphatic rings. The number of hydrogen-bond donors (Lipinski definition) is 2. The van der Waals surface area contributed by atoms with Gasteiger partial charge in [0.1, 0.15) is 0 Å². The Morgan fingerprint density at radius 2 is 1.85 bits per heavy atom. The molecule has 0 aliphatic carbocycles. The first-order chi connectivity index (χ1) is 15.9. The Kier molecular flexibility index (Phi) is 6.76. The average molecular weight is 569 g/mol. The van der Waals surface area contributed by atoms with E-state index < -0.39 is 0 Å². The van der Waals surface area contributed by atoms with Crippen molar-refractivity contribution in [2.75, 3.05) is 7.11 Å². The maximum Gasteiger partial charge on any atom is 0.272 e. The van der Waals surface area contributed by atoms with Crippen LogP contribution in [0.1, 0.15) is 21.5 Å². The Morgan fingerprint density at radius 3 is 2.58 bits per heavy atom. The number of phenols is 1. The molecule has 6 nitrogen and oxygen atoms in total. The van der Waals surface area contributed by atoms with Crippen molar-refractivity contribution in [1.82, 2.24) is 10.4 Å². The first kappa shape index (κ1) is 22.9. The second-order valence-electron chi connectivity index (χ2n) is 7.34. The number of aromatic nitrogens is 1. The van der Waals surface area contributed by atoms with Gasteiger partial charge in [0.15, 0.2) is 11.5 Å². The number of fused-ring (bicyclic) bond motifs is 1. The van der Waals surface area contributed by atoms with Gasteiger partial charge in [-0.15, -0.1) is 0 Å². The van der Waals surface area contributed by atoms with Gasteiger partial charge in [0, 0.05) is 15.4 Å². The summed E-state index contributed by atoms with van der Waals surface area (Å²) < 4.78 is 6.57. The van der Waals surface area contributed by atoms with Crippen molar-refractivity contribution in [2.24, 2.45) is 5.10 Å². The van der Waals surface area contributed by atoms with E-state index in [-0.39, 0.29) is 11.7 Å². The standard InChI is InChI=1S/C25H19Br2N3O3/c1-14-3-8-21-18(9-14)19(12-22(29-21)16-4-6-17(26)7-5-16)25(32)30-28-13-15-10-20(27)24(31)23(11-15)33-2/h3-13,31H,1-2H3,(H,30,32). The number of nitrogens with zero attached hydrogens (tertiary/aromatic N) is 2. The molecule has 0 saturated heterocycles. The molecule has 0 radical (unpaired) electrons. The number of rotatable bonds is 5. The van der Waals surface area contributed by atoms with Crippen LogP contribution >= 0.6 is 31.9 Å². The maximum absolute atomic E-state index is 13.1. The minimum atomic E-state index is -0.354. The lowest BCUT2D eigenvalue weighted by Gasteiger charge is -2.10. The Bertz CT molecular complexity index is 1390. The number of carbonyl (C=O) groups is 1. The number of methoxy groups -OCH3 is 1. The number of aryl methyl sites for hydroxylation is 1. The summed E-state index contributed by atoms with van der Waals surface area (Å²) in [6, 6.07) is 18.6. The van der Waals surface area contributed by atoms with Gasteiger partial charge in [0.05, 0.1) is 34.6 Å². The minimum absolute atomic E-state index is 0.00205. The van der Waals surface area contributed by atoms with Gasteiger partial charge in [0.25, 0.3) is 5.91 Å². The molecule has 0 fully saturated rings. The summed E-state index contributed by atoms with van der Waals surface area (Å²) in [7, 11) is 1.46. The molecule has 33 heavy (non-hydrogen) atoms. The summed E-state index contributed by atoms with van der Waals surface area (Å²) in [5.41, 5.74) is 7.06. The predicted molar refractivity (Wildman–Crippen MR) is 137 cm³/mol. The third kappa shape index (κ3) is 5.07. The van der Waals surface area contributed by atoms with Gasteiger partial charge in [-0.25, -0.2) is 10.4 Å². The molecule has 1 heterocycles. The van der Waals surface area contributed by atoms with Crippen LogP contribution in [0.4, 0.5) is 0 Å². The van der Waals surface area contributed by atoms with Crippen LogP contribution in [-0.4, -0.2) is 29.3 Å². The van der Waals surface area contributed by atoms with E-state index in [1.165, 1.54) is 13.3 Å². The SMILES string of the molecule is COc1cc(C=NNC(=O)c2cc(-c3ccc(Br)cc3)nc3ccc(C)cc23)cc(Br)c1O. The van der Waals surface area contributed by atoms with Gasteiger partial charge < -0.3 is 9.84 Å². The number of carbonyl (C=O) groups excluding carboxylic acids is 1. The summed E-state index contributed by atoms with van der Waals surface area (Å²) in [6.07, 6.45) is 1.48. The molecule has 4 aromatic rings. The molecule has 1 aromatic heterocycles. The summed E-state index contributed by atoms with van der Waals surface area (Å²) in [4.78, 5) is 17.9. The second-order valence-corrected chi connectivity index (χ2v) is 9.11. The van der Waals surface area contributed by atoms with Crippen LogP contribution in [0.3, 0.4) is 0 Å². The van der Waals surface area contributed by atoms with E-state index in [1.807, 2.05) is 49.4 Å². The zero-order valence-electron chi connectivity index (χ0n) is 17.8. The number of ether oxygens (including phenoxy) is 1. The van der Waals surface area contributed by atoms with Crippen LogP contribution < -0.4 is 10.2 Å². The highest BCUT2D eigenvalue weighted by Gasteiger charge is 2.14. The third-order valence-electron chi connectivity index (χ3n) is 5.00. The van der Waals surface area contributed by atoms with Crippen LogP contribution in [0.25, 0.3) is 22.2 Å². The zero-order valence-corrected chi connectivity index (χ0v) is 20.9. The Hall–Kier alpha value is -3.23. The van der Waals surface area contributed by atoms with Crippen molar-refractivity contribution in [3.63, 3.8) is 0 Å². The number of phenolic OH excluding ortho intramolecular Hbond substituents is 1. The fourth-order valence-corrected chi connectivity index (χ4v) is 4.07. The molecule has 0 aliphatic heterocycles. The highest BCUT2D eigenvalue weighted by atomic mass is 79.9. The summed E-state index contributed by atoms with van der Waals surface area (Å²) in [5.74, 6) is -0.0582. The number of benzene rings is 3. The van der Waals surface area contributed by atoms with Crippen molar-refractivity contribution >= 4 is 54.9 Å². The quantitative estimate of drug-likeness (QED) is 0.221. The molecule has 0 bridgehead atoms. The highest BCUT2D eigenvalue weighted by Crippen LogP contribution is 2.34. The number of amides is 1. The Labute approximate surface area is 207 Å². The minimum Gasteiger partial charge on any atom is -0.503 e. The first-order valence-corrected chi connectivity index (χ1v) is 11.5. The molecule has 0 saturated carbocycles. The lowest BCUT2D eigenvalue weighted by Crippen LogP contribution is -2.18. The predicted octanol–water partition coefficient (Wildman–Crippen LogP) is 6.21. The number of halogens is 2. The van der Waals surface area contributed by atoms with Crippen molar-refractivity contribution in [3.05, 3.63) is 86.3 Å². The van der Waals surface area contributed by atoms with E-state index in [1.54, 1.807) is 18.2 Å². The molecule has 0 unspecified atom stereocenters. The molecular formula is C25H19Br2N3O3. The van der Waals surface area contributed by atoms with Crippen LogP contribution in [0.2, 0.25) is 0 Å². The largest absolute Gasteiger partial charge is 0.503 e. The van der Waals surface area contributed by atoms with Gasteiger partial charge in [-0.3, -0.25) is 4.79 Å². The van der Waals surface area contributed by atoms with E-state index in [2.05, 4.69) is 42.4 Å². The molecule has 1 amide bonds. The van der Waals surface area contributed by atoms with Crippen LogP contribution in [0, 0.1) is 6.92 Å². The van der Waals surface area contributed by atoms with Crippen LogP contribution in [0.15, 0.2) is 74.7 Å². The smallest absolute Gasteiger partial charge is 0.272 e. The Morgan fingerprint density at radius 1 is 1.09 bits per heavy atom. The van der Waals surface area contributed by atoms with Gasteiger partial charge in [0.2, 0.25) is 0 Å². The van der Waals surface area contributed by atoms with E-state index in [4.69, 9.17) is 9.72 Å². The number of hydrazone groups is 1. The van der Waals surface area contributed by atoms with Gasteiger partial charge in [-0.05, 0) is 70.9 Å². The fraction of sp³-hybridized carbons (Fsp3) is 0.0800. The maximum atomic E-state index is 13.1. The van der Waals surface area contributed by atoms with Crippen LogP contribution in [-0.2, 0) is 0 Å². The lowest BCUT2D eigenvalue weighted by atomic mass is 10.0. The molecule has 2 N–H and O–H groups in total. The van der Waals surface area contributed by atoms with Gasteiger partial charge >= 0.3 is 0 Å². The van der Waals surface area contributed by atoms with Gasteiger partial charge in [-0.2, -0.15) is 5.10 Å². The molecule has 166 valence electrons. The lowest BCUT2D eigenvalue weighted by molar-refractivity contribution is 0.0956. The molecule has 3 aromatic carbocycles. The first-order valence-electron chi connectivity index (χ1n) is 9.93. The summed E-state index contributed by atoms with van der Waals surface area (Å²) >= 11 is 6.72. The summed E-state index contributed by atoms with van der Waals surface area (Å²) in [5, 5.41) is 14.8. The van der Waals surface area contributed by atoms with E-state index >= 15 is 0 Å². The third-order valence-corrected chi connectivity index (χ3v) is 6.13. The molecular weight excluding hydrogens is 550 g/mol.